The zero-order valence-corrected chi connectivity index (χ0v) is 19.9. The van der Waals surface area contributed by atoms with Gasteiger partial charge in [0.05, 0.1) is 11.4 Å². The molecule has 0 aliphatic carbocycles. The minimum absolute atomic E-state index is 0.00165. The Balaban J connectivity index is 1.45. The first-order valence-electron chi connectivity index (χ1n) is 11.0. The van der Waals surface area contributed by atoms with E-state index in [1.807, 2.05) is 64.2 Å². The fourth-order valence-corrected chi connectivity index (χ4v) is 4.34. The highest BCUT2D eigenvalue weighted by Gasteiger charge is 2.30. The van der Waals surface area contributed by atoms with Crippen molar-refractivity contribution in [3.05, 3.63) is 73.1 Å². The van der Waals surface area contributed by atoms with Crippen molar-refractivity contribution in [2.45, 2.75) is 12.5 Å². The Hall–Kier alpha value is -3.72. The van der Waals surface area contributed by atoms with Gasteiger partial charge in [0, 0.05) is 24.0 Å². The number of ether oxygens (including phenoxy) is 1. The molecule has 172 valence electrons. The van der Waals surface area contributed by atoms with Crippen LogP contribution in [0.25, 0.3) is 22.3 Å². The number of nitrogens with zero attached hydrogens (tertiary/aromatic N) is 5. The van der Waals surface area contributed by atoms with Gasteiger partial charge in [0.2, 0.25) is 5.91 Å². The molecule has 5 rings (SSSR count). The van der Waals surface area contributed by atoms with Crippen LogP contribution in [0.2, 0.25) is 0 Å². The van der Waals surface area contributed by atoms with Crippen molar-refractivity contribution in [1.82, 2.24) is 24.6 Å². The number of hydrogen-bond donors (Lipinski definition) is 1. The first-order valence-corrected chi connectivity index (χ1v) is 12.1. The van der Waals surface area contributed by atoms with Crippen LogP contribution in [0.3, 0.4) is 0 Å². The average molecular weight is 519 g/mol. The number of fused-ring (bicyclic) bond motifs is 1. The third-order valence-electron chi connectivity index (χ3n) is 5.80. The normalized spacial score (nSPS) is 15.9. The van der Waals surface area contributed by atoms with Crippen LogP contribution in [0.15, 0.2) is 73.1 Å². The Morgan fingerprint density at radius 2 is 1.88 bits per heavy atom. The van der Waals surface area contributed by atoms with E-state index in [0.29, 0.717) is 41.0 Å². The van der Waals surface area contributed by atoms with Gasteiger partial charge in [-0.25, -0.2) is 14.6 Å². The number of aromatic nitrogens is 4. The molecule has 0 bridgehead atoms. The van der Waals surface area contributed by atoms with Gasteiger partial charge in [0.25, 0.3) is 0 Å². The molecule has 2 N–H and O–H groups in total. The fourth-order valence-electron chi connectivity index (χ4n) is 4.15. The highest BCUT2D eigenvalue weighted by molar-refractivity contribution is 9.09. The van der Waals surface area contributed by atoms with Crippen molar-refractivity contribution >= 4 is 38.7 Å². The molecule has 0 radical (unpaired) electrons. The van der Waals surface area contributed by atoms with E-state index >= 15 is 0 Å². The number of allylic oxidation sites excluding steroid dienone is 1. The van der Waals surface area contributed by atoms with E-state index in [1.54, 1.807) is 12.2 Å². The van der Waals surface area contributed by atoms with Crippen molar-refractivity contribution in [1.29, 1.82) is 0 Å². The van der Waals surface area contributed by atoms with Crippen LogP contribution in [0.4, 0.5) is 5.82 Å². The molecular formula is C25H23BrN6O2. The number of amides is 1. The van der Waals surface area contributed by atoms with Crippen LogP contribution in [-0.2, 0) is 4.79 Å². The van der Waals surface area contributed by atoms with Crippen LogP contribution in [0.5, 0.6) is 11.5 Å². The van der Waals surface area contributed by atoms with Gasteiger partial charge in [-0.15, -0.1) is 0 Å². The number of anilines is 1. The Labute approximate surface area is 205 Å². The Kier molecular flexibility index (Phi) is 6.27. The fraction of sp³-hybridized carbons (Fsp3) is 0.200. The van der Waals surface area contributed by atoms with Gasteiger partial charge in [0.15, 0.2) is 5.65 Å². The zero-order valence-electron chi connectivity index (χ0n) is 18.3. The maximum Gasteiger partial charge on any atom is 0.246 e. The SMILES string of the molecule is Nc1ncnc2c1c(-c1ccc(Oc3ccccc3)cc1)nn2[C@@H]1CCN(C(=O)/C=C/CBr)C1. The van der Waals surface area contributed by atoms with Crippen molar-refractivity contribution in [2.75, 3.05) is 24.2 Å². The van der Waals surface area contributed by atoms with Crippen molar-refractivity contribution < 1.29 is 9.53 Å². The molecule has 1 aliphatic rings. The number of carbonyl (C=O) groups is 1. The van der Waals surface area contributed by atoms with Gasteiger partial charge in [-0.3, -0.25) is 4.79 Å². The number of benzene rings is 2. The zero-order chi connectivity index (χ0) is 23.5. The number of halogens is 1. The molecule has 0 saturated carbocycles. The number of rotatable bonds is 6. The standard InChI is InChI=1S/C25H23BrN6O2/c26-13-4-7-21(33)31-14-12-18(15-31)32-25-22(24(27)28-16-29-25)23(30-32)17-8-10-20(11-9-17)34-19-5-2-1-3-6-19/h1-11,16,18H,12-15H2,(H2,27,28,29)/b7-4+/t18-/m1/s1. The molecular weight excluding hydrogens is 496 g/mol. The molecule has 4 aromatic rings. The molecule has 1 aliphatic heterocycles. The molecule has 1 atom stereocenters. The summed E-state index contributed by atoms with van der Waals surface area (Å²) in [5.74, 6) is 1.88. The molecule has 2 aromatic heterocycles. The van der Waals surface area contributed by atoms with E-state index in [1.165, 1.54) is 6.33 Å². The van der Waals surface area contributed by atoms with Crippen molar-refractivity contribution in [3.8, 4) is 22.8 Å². The molecule has 0 unspecified atom stereocenters. The minimum Gasteiger partial charge on any atom is -0.457 e. The van der Waals surface area contributed by atoms with Crippen molar-refractivity contribution in [2.24, 2.45) is 0 Å². The van der Waals surface area contributed by atoms with Crippen LogP contribution in [0.1, 0.15) is 12.5 Å². The van der Waals surface area contributed by atoms with E-state index in [9.17, 15) is 4.79 Å². The summed E-state index contributed by atoms with van der Waals surface area (Å²) in [6, 6.07) is 17.3. The van der Waals surface area contributed by atoms with Crippen molar-refractivity contribution in [3.63, 3.8) is 0 Å². The number of likely N-dealkylation sites (tertiary alicyclic amines) is 1. The number of nitrogens with two attached hydrogens (primary N) is 1. The van der Waals surface area contributed by atoms with E-state index in [2.05, 4.69) is 25.9 Å². The maximum absolute atomic E-state index is 12.4. The number of alkyl halides is 1. The molecule has 1 saturated heterocycles. The van der Waals surface area contributed by atoms with Crippen LogP contribution in [-0.4, -0.2) is 49.0 Å². The summed E-state index contributed by atoms with van der Waals surface area (Å²) >= 11 is 3.31. The predicted octanol–water partition coefficient (Wildman–Crippen LogP) is 4.59. The van der Waals surface area contributed by atoms with E-state index in [-0.39, 0.29) is 11.9 Å². The van der Waals surface area contributed by atoms with Gasteiger partial charge in [0.1, 0.15) is 29.3 Å². The Morgan fingerprint density at radius 3 is 2.65 bits per heavy atom. The summed E-state index contributed by atoms with van der Waals surface area (Å²) in [4.78, 5) is 22.9. The van der Waals surface area contributed by atoms with Gasteiger partial charge in [-0.2, -0.15) is 5.10 Å². The molecule has 9 heteroatoms. The maximum atomic E-state index is 12.4. The third kappa shape index (κ3) is 4.38. The summed E-state index contributed by atoms with van der Waals surface area (Å²) in [7, 11) is 0. The monoisotopic (exact) mass is 518 g/mol. The lowest BCUT2D eigenvalue weighted by Crippen LogP contribution is -2.27. The molecule has 3 heterocycles. The summed E-state index contributed by atoms with van der Waals surface area (Å²) in [5, 5.41) is 6.26. The third-order valence-corrected chi connectivity index (χ3v) is 6.17. The number of hydrogen-bond acceptors (Lipinski definition) is 6. The second kappa shape index (κ2) is 9.64. The van der Waals surface area contributed by atoms with E-state index in [4.69, 9.17) is 15.6 Å². The number of nitrogen functional groups attached to an aromatic ring is 1. The Bertz CT molecular complexity index is 1340. The highest BCUT2D eigenvalue weighted by atomic mass is 79.9. The molecule has 8 nitrogen and oxygen atoms in total. The quantitative estimate of drug-likeness (QED) is 0.296. The van der Waals surface area contributed by atoms with Gasteiger partial charge in [-0.05, 0) is 48.9 Å². The first-order chi connectivity index (χ1) is 16.6. The lowest BCUT2D eigenvalue weighted by atomic mass is 10.1. The molecule has 2 aromatic carbocycles. The van der Waals surface area contributed by atoms with Gasteiger partial charge in [-0.1, -0.05) is 40.2 Å². The summed E-state index contributed by atoms with van der Waals surface area (Å²) < 4.78 is 7.80. The summed E-state index contributed by atoms with van der Waals surface area (Å²) in [5.41, 5.74) is 8.53. The van der Waals surface area contributed by atoms with Crippen LogP contribution < -0.4 is 10.5 Å². The second-order valence-corrected chi connectivity index (χ2v) is 8.62. The van der Waals surface area contributed by atoms with Gasteiger partial charge < -0.3 is 15.4 Å². The minimum atomic E-state index is 0.00165. The largest absolute Gasteiger partial charge is 0.457 e. The van der Waals surface area contributed by atoms with E-state index < -0.39 is 0 Å². The average Bonchev–Trinajstić information content (AvgIpc) is 3.50. The predicted molar refractivity (Wildman–Crippen MR) is 135 cm³/mol. The van der Waals surface area contributed by atoms with E-state index in [0.717, 1.165) is 23.5 Å². The molecule has 1 amide bonds. The topological polar surface area (TPSA) is 99.2 Å². The smallest absolute Gasteiger partial charge is 0.246 e. The molecule has 34 heavy (non-hydrogen) atoms. The highest BCUT2D eigenvalue weighted by Crippen LogP contribution is 2.35. The second-order valence-electron chi connectivity index (χ2n) is 7.97. The lowest BCUT2D eigenvalue weighted by molar-refractivity contribution is -0.125. The molecule has 0 spiro atoms. The number of para-hydroxylation sites is 1. The lowest BCUT2D eigenvalue weighted by Gasteiger charge is -2.15. The Morgan fingerprint density at radius 1 is 1.12 bits per heavy atom. The number of carbonyl (C=O) groups excluding carboxylic acids is 1. The van der Waals surface area contributed by atoms with Gasteiger partial charge >= 0.3 is 0 Å². The summed E-state index contributed by atoms with van der Waals surface area (Å²) in [6.45, 7) is 1.23. The summed E-state index contributed by atoms with van der Waals surface area (Å²) in [6.07, 6.45) is 5.64. The first kappa shape index (κ1) is 22.1. The van der Waals surface area contributed by atoms with Crippen LogP contribution in [0, 0.1) is 0 Å². The van der Waals surface area contributed by atoms with Crippen LogP contribution >= 0.6 is 15.9 Å². The molecule has 1 fully saturated rings.